The van der Waals surface area contributed by atoms with Gasteiger partial charge in [-0.25, -0.2) is 18.4 Å². The maximum absolute atomic E-state index is 10.9. The number of nitrogens with one attached hydrogen (secondary N) is 2. The van der Waals surface area contributed by atoms with E-state index in [0.29, 0.717) is 12.5 Å². The Morgan fingerprint density at radius 2 is 1.91 bits per heavy atom. The van der Waals surface area contributed by atoms with Gasteiger partial charge in [0.05, 0.1) is 30.6 Å². The predicted octanol–water partition coefficient (Wildman–Crippen LogP) is 3.20. The minimum atomic E-state index is -2.05. The topological polar surface area (TPSA) is 104 Å². The van der Waals surface area contributed by atoms with Crippen LogP contribution in [0.2, 0.25) is 0 Å². The molecule has 0 spiro atoms. The molecule has 1 atom stereocenters. The van der Waals surface area contributed by atoms with Crippen LogP contribution in [0.5, 0.6) is 0 Å². The lowest BCUT2D eigenvalue weighted by atomic mass is 10.1. The monoisotopic (exact) mass is 464 g/mol. The largest absolute Gasteiger partial charge is 0.378 e. The quantitative estimate of drug-likeness (QED) is 0.361. The van der Waals surface area contributed by atoms with Gasteiger partial charge < -0.3 is 15.0 Å². The summed E-state index contributed by atoms with van der Waals surface area (Å²) in [5, 5.41) is 8.03. The summed E-state index contributed by atoms with van der Waals surface area (Å²) < 4.78 is 29.7. The Hall–Kier alpha value is -3.31. The van der Waals surface area contributed by atoms with Crippen molar-refractivity contribution in [3.8, 4) is 11.3 Å². The Kier molecular flexibility index (Phi) is 6.31. The fourth-order valence-corrected chi connectivity index (χ4v) is 4.18. The van der Waals surface area contributed by atoms with E-state index in [1.165, 1.54) is 0 Å². The zero-order valence-corrected chi connectivity index (χ0v) is 18.7. The fourth-order valence-electron chi connectivity index (χ4n) is 3.89. The summed E-state index contributed by atoms with van der Waals surface area (Å²) in [6, 6.07) is 19.9. The van der Waals surface area contributed by atoms with Gasteiger partial charge in [-0.15, -0.1) is 5.10 Å². The van der Waals surface area contributed by atoms with E-state index >= 15 is 0 Å². The van der Waals surface area contributed by atoms with Crippen LogP contribution in [0.1, 0.15) is 5.56 Å². The van der Waals surface area contributed by atoms with Crippen LogP contribution < -0.4 is 14.9 Å². The van der Waals surface area contributed by atoms with Crippen LogP contribution in [0, 0.1) is 0 Å². The summed E-state index contributed by atoms with van der Waals surface area (Å²) in [6.45, 7) is 3.52. The highest BCUT2D eigenvalue weighted by Gasteiger charge is 2.12. The van der Waals surface area contributed by atoms with Gasteiger partial charge in [-0.1, -0.05) is 24.3 Å². The number of anilines is 3. The Bertz CT molecular complexity index is 1290. The van der Waals surface area contributed by atoms with Crippen LogP contribution in [0.15, 0.2) is 66.9 Å². The molecule has 3 heterocycles. The van der Waals surface area contributed by atoms with Crippen molar-refractivity contribution < 1.29 is 13.5 Å². The average molecular weight is 465 g/mol. The Balaban J connectivity index is 1.40. The number of hydrogen-bond donors (Lipinski definition) is 3. The zero-order chi connectivity index (χ0) is 22.6. The molecule has 1 aliphatic rings. The minimum Gasteiger partial charge on any atom is -0.378 e. The summed E-state index contributed by atoms with van der Waals surface area (Å²) in [6.07, 6.45) is 1.78. The SMILES string of the molecule is O=S(O)NCc1cccc(-c2ccc3cnc(Nc4cccc(N5CCOCC5)c4)nn23)c1. The highest BCUT2D eigenvalue weighted by atomic mass is 32.2. The number of fused-ring (bicyclic) bond motifs is 1. The van der Waals surface area contributed by atoms with E-state index in [1.807, 2.05) is 53.0 Å². The molecule has 0 bridgehead atoms. The molecule has 0 saturated carbocycles. The first-order valence-corrected chi connectivity index (χ1v) is 11.7. The number of rotatable bonds is 7. The van der Waals surface area contributed by atoms with Crippen molar-refractivity contribution in [3.05, 3.63) is 72.4 Å². The molecule has 170 valence electrons. The molecule has 9 nitrogen and oxygen atoms in total. The lowest BCUT2D eigenvalue weighted by molar-refractivity contribution is 0.122. The molecular weight excluding hydrogens is 440 g/mol. The third-order valence-electron chi connectivity index (χ3n) is 5.50. The van der Waals surface area contributed by atoms with E-state index in [2.05, 4.69) is 32.1 Å². The Morgan fingerprint density at radius 1 is 1.06 bits per heavy atom. The first kappa shape index (κ1) is 21.5. The van der Waals surface area contributed by atoms with Gasteiger partial charge in [-0.3, -0.25) is 4.55 Å². The number of hydrogen-bond acceptors (Lipinski definition) is 6. The molecule has 1 unspecified atom stereocenters. The average Bonchev–Trinajstić information content (AvgIpc) is 3.27. The standard InChI is InChI=1S/C23H24N6O3S/c30-33(31)25-15-17-3-1-4-18(13-17)22-8-7-21-16-24-23(27-29(21)22)26-19-5-2-6-20(14-19)28-9-11-32-12-10-28/h1-8,13-14,16,25H,9-12,15H2,(H,26,27)(H,30,31). The second-order valence-electron chi connectivity index (χ2n) is 7.68. The molecule has 2 aromatic heterocycles. The van der Waals surface area contributed by atoms with Gasteiger partial charge in [0.25, 0.3) is 0 Å². The van der Waals surface area contributed by atoms with Gasteiger partial charge in [-0.2, -0.15) is 0 Å². The second kappa shape index (κ2) is 9.67. The molecule has 33 heavy (non-hydrogen) atoms. The second-order valence-corrected chi connectivity index (χ2v) is 8.47. The Labute approximate surface area is 193 Å². The number of ether oxygens (including phenoxy) is 1. The molecule has 3 N–H and O–H groups in total. The Morgan fingerprint density at radius 3 is 2.76 bits per heavy atom. The molecule has 1 aliphatic heterocycles. The van der Waals surface area contributed by atoms with Crippen molar-refractivity contribution in [1.29, 1.82) is 0 Å². The van der Waals surface area contributed by atoms with Gasteiger partial charge in [0.1, 0.15) is 0 Å². The number of morpholine rings is 1. The van der Waals surface area contributed by atoms with Gasteiger partial charge >= 0.3 is 0 Å². The van der Waals surface area contributed by atoms with Crippen molar-refractivity contribution in [2.45, 2.75) is 6.54 Å². The number of benzene rings is 2. The first-order chi connectivity index (χ1) is 16.2. The van der Waals surface area contributed by atoms with Crippen LogP contribution in [0.25, 0.3) is 16.8 Å². The molecule has 1 fully saturated rings. The van der Waals surface area contributed by atoms with Gasteiger partial charge in [0, 0.05) is 36.6 Å². The predicted molar refractivity (Wildman–Crippen MR) is 129 cm³/mol. The van der Waals surface area contributed by atoms with Gasteiger partial charge in [0.2, 0.25) is 17.2 Å². The summed E-state index contributed by atoms with van der Waals surface area (Å²) in [7, 11) is 0. The van der Waals surface area contributed by atoms with E-state index in [1.54, 1.807) is 6.20 Å². The summed E-state index contributed by atoms with van der Waals surface area (Å²) in [4.78, 5) is 6.77. The molecular formula is C23H24N6O3S. The zero-order valence-electron chi connectivity index (χ0n) is 17.8. The lowest BCUT2D eigenvalue weighted by Crippen LogP contribution is -2.36. The van der Waals surface area contributed by atoms with E-state index in [4.69, 9.17) is 14.4 Å². The van der Waals surface area contributed by atoms with Crippen molar-refractivity contribution in [2.75, 3.05) is 36.5 Å². The highest BCUT2D eigenvalue weighted by molar-refractivity contribution is 7.77. The van der Waals surface area contributed by atoms with Crippen LogP contribution >= 0.6 is 0 Å². The van der Waals surface area contributed by atoms with E-state index < -0.39 is 11.3 Å². The summed E-state index contributed by atoms with van der Waals surface area (Å²) in [5.41, 5.74) is 5.69. The van der Waals surface area contributed by atoms with Crippen LogP contribution in [0.3, 0.4) is 0 Å². The van der Waals surface area contributed by atoms with E-state index in [-0.39, 0.29) is 0 Å². The molecule has 5 rings (SSSR count). The molecule has 10 heteroatoms. The molecule has 1 saturated heterocycles. The molecule has 0 aliphatic carbocycles. The molecule has 4 aromatic rings. The smallest absolute Gasteiger partial charge is 0.245 e. The normalized spacial score (nSPS) is 15.0. The lowest BCUT2D eigenvalue weighted by Gasteiger charge is -2.29. The molecule has 2 aromatic carbocycles. The third-order valence-corrected chi connectivity index (χ3v) is 5.89. The number of nitrogens with zero attached hydrogens (tertiary/aromatic N) is 4. The first-order valence-electron chi connectivity index (χ1n) is 10.6. The van der Waals surface area contributed by atoms with Crippen molar-refractivity contribution in [2.24, 2.45) is 0 Å². The summed E-state index contributed by atoms with van der Waals surface area (Å²) in [5.74, 6) is 0.493. The van der Waals surface area contributed by atoms with Crippen molar-refractivity contribution in [1.82, 2.24) is 19.3 Å². The van der Waals surface area contributed by atoms with Gasteiger partial charge in [-0.05, 0) is 42.0 Å². The molecule has 0 radical (unpaired) electrons. The minimum absolute atomic E-state index is 0.293. The third kappa shape index (κ3) is 5.04. The van der Waals surface area contributed by atoms with Crippen LogP contribution in [0.4, 0.5) is 17.3 Å². The van der Waals surface area contributed by atoms with Crippen molar-refractivity contribution in [3.63, 3.8) is 0 Å². The highest BCUT2D eigenvalue weighted by Crippen LogP contribution is 2.25. The van der Waals surface area contributed by atoms with Crippen LogP contribution in [-0.2, 0) is 22.5 Å². The van der Waals surface area contributed by atoms with Crippen molar-refractivity contribution >= 4 is 34.1 Å². The fraction of sp³-hybridized carbons (Fsp3) is 0.217. The summed E-state index contributed by atoms with van der Waals surface area (Å²) >= 11 is -2.05. The maximum Gasteiger partial charge on any atom is 0.245 e. The molecule has 0 amide bonds. The number of aromatic nitrogens is 3. The van der Waals surface area contributed by atoms with Gasteiger partial charge in [0.15, 0.2) is 0 Å². The van der Waals surface area contributed by atoms with Crippen LogP contribution in [-0.4, -0.2) is 49.7 Å². The maximum atomic E-state index is 10.9. The van der Waals surface area contributed by atoms with E-state index in [0.717, 1.165) is 60.0 Å². The van der Waals surface area contributed by atoms with E-state index in [9.17, 15) is 4.21 Å².